The molecule has 2 aromatic carbocycles. The standard InChI is InChI=1S/C9H11NO3.C7H7O3P/c10-8(9(12)13)5-6-1-3-7(11)4-2-6;8-7(11(9)10)6-4-2-1-3-5-6/h1-4,8,11H,5,10H2,(H,12,13);1-5,7-8H/p+1/t8-;/m0./s1. The fourth-order valence-corrected chi connectivity index (χ4v) is 2.15. The Morgan fingerprint density at radius 3 is 2.08 bits per heavy atom. The molecule has 0 amide bonds. The number of aliphatic hydroxyl groups excluding tert-OH is 1. The molecule has 0 fully saturated rings. The van der Waals surface area contributed by atoms with Gasteiger partial charge >= 0.3 is 19.8 Å². The summed E-state index contributed by atoms with van der Waals surface area (Å²) in [5.41, 5.74) is 6.59. The highest BCUT2D eigenvalue weighted by Crippen LogP contribution is 2.34. The molecule has 7 nitrogen and oxygen atoms in total. The maximum atomic E-state index is 10.4. The van der Waals surface area contributed by atoms with Crippen molar-refractivity contribution in [1.82, 2.24) is 0 Å². The van der Waals surface area contributed by atoms with Crippen molar-refractivity contribution in [2.45, 2.75) is 18.3 Å². The van der Waals surface area contributed by atoms with E-state index in [4.69, 9.17) is 25.9 Å². The summed E-state index contributed by atoms with van der Waals surface area (Å²) in [6, 6.07) is 13.8. The van der Waals surface area contributed by atoms with Crippen molar-refractivity contribution in [2.75, 3.05) is 0 Å². The van der Waals surface area contributed by atoms with Gasteiger partial charge in [0.1, 0.15) is 11.8 Å². The van der Waals surface area contributed by atoms with Crippen LogP contribution in [0.2, 0.25) is 0 Å². The normalized spacial score (nSPS) is 13.2. The largest absolute Gasteiger partial charge is 0.542 e. The number of carboxylic acids is 1. The van der Waals surface area contributed by atoms with Gasteiger partial charge in [0.05, 0.1) is 0 Å². The summed E-state index contributed by atoms with van der Waals surface area (Å²) in [5.74, 6) is -2.12. The van der Waals surface area contributed by atoms with Gasteiger partial charge in [0, 0.05) is 5.56 Å². The minimum Gasteiger partial charge on any atom is -0.508 e. The number of aliphatic carboxylic acids is 1. The lowest BCUT2D eigenvalue weighted by molar-refractivity contribution is -0.138. The SMILES string of the molecule is N[C@@H](Cc1ccc(O)cc1)C(=O)O.O=[P+](O)C(O)c1ccccc1. The number of nitrogens with two attached hydrogens (primary N) is 1. The van der Waals surface area contributed by atoms with Crippen molar-refractivity contribution < 1.29 is 29.6 Å². The van der Waals surface area contributed by atoms with Crippen LogP contribution in [0, 0.1) is 0 Å². The molecule has 0 saturated carbocycles. The van der Waals surface area contributed by atoms with Gasteiger partial charge in [-0.2, -0.15) is 4.89 Å². The van der Waals surface area contributed by atoms with Crippen LogP contribution in [0.5, 0.6) is 5.75 Å². The Morgan fingerprint density at radius 1 is 1.08 bits per heavy atom. The molecule has 0 aliphatic rings. The van der Waals surface area contributed by atoms with Crippen LogP contribution in [0.1, 0.15) is 17.0 Å². The smallest absolute Gasteiger partial charge is 0.508 e. The van der Waals surface area contributed by atoms with Crippen LogP contribution in [-0.4, -0.2) is 32.2 Å². The Hall–Kier alpha value is -2.31. The third-order valence-corrected chi connectivity index (χ3v) is 3.73. The van der Waals surface area contributed by atoms with Crippen LogP contribution in [0.25, 0.3) is 0 Å². The molecule has 0 heterocycles. The minimum absolute atomic E-state index is 0.160. The first kappa shape index (κ1) is 19.7. The zero-order valence-electron chi connectivity index (χ0n) is 12.7. The molecule has 0 aromatic heterocycles. The van der Waals surface area contributed by atoms with Crippen molar-refractivity contribution in [3.8, 4) is 5.75 Å². The molecule has 128 valence electrons. The third kappa shape index (κ3) is 6.85. The summed E-state index contributed by atoms with van der Waals surface area (Å²) in [6.07, 6.45) is 0.273. The molecule has 2 unspecified atom stereocenters. The molecule has 24 heavy (non-hydrogen) atoms. The van der Waals surface area contributed by atoms with Gasteiger partial charge < -0.3 is 21.1 Å². The maximum absolute atomic E-state index is 10.4. The lowest BCUT2D eigenvalue weighted by Crippen LogP contribution is -2.32. The predicted molar refractivity (Wildman–Crippen MR) is 88.6 cm³/mol. The Balaban J connectivity index is 0.000000243. The van der Waals surface area contributed by atoms with Crippen LogP contribution in [-0.2, 0) is 15.8 Å². The van der Waals surface area contributed by atoms with E-state index in [1.54, 1.807) is 42.5 Å². The summed E-state index contributed by atoms with van der Waals surface area (Å²) in [6.45, 7) is 0. The fourth-order valence-electron chi connectivity index (χ4n) is 1.73. The molecular formula is C16H19NO6P+. The second-order valence-electron chi connectivity index (χ2n) is 4.90. The third-order valence-electron chi connectivity index (χ3n) is 3.02. The summed E-state index contributed by atoms with van der Waals surface area (Å²) in [5, 5.41) is 26.5. The molecule has 0 aliphatic carbocycles. The van der Waals surface area contributed by atoms with Crippen LogP contribution in [0.3, 0.4) is 0 Å². The molecule has 2 rings (SSSR count). The summed E-state index contributed by atoms with van der Waals surface area (Å²) in [4.78, 5) is 18.9. The van der Waals surface area contributed by atoms with Gasteiger partial charge in [0.25, 0.3) is 0 Å². The van der Waals surface area contributed by atoms with E-state index in [-0.39, 0.29) is 12.2 Å². The molecular weight excluding hydrogens is 333 g/mol. The number of aromatic hydroxyl groups is 1. The summed E-state index contributed by atoms with van der Waals surface area (Å²) >= 11 is 0. The van der Waals surface area contributed by atoms with Crippen molar-refractivity contribution in [1.29, 1.82) is 0 Å². The number of hydrogen-bond acceptors (Lipinski definition) is 5. The molecule has 0 spiro atoms. The first-order valence-electron chi connectivity index (χ1n) is 6.95. The van der Waals surface area contributed by atoms with Crippen LogP contribution < -0.4 is 5.73 Å². The second-order valence-corrected chi connectivity index (χ2v) is 6.00. The average Bonchev–Trinajstić information content (AvgIpc) is 2.57. The number of benzene rings is 2. The van der Waals surface area contributed by atoms with E-state index in [0.29, 0.717) is 5.56 Å². The minimum atomic E-state index is -2.53. The number of rotatable bonds is 5. The van der Waals surface area contributed by atoms with Gasteiger partial charge in [-0.3, -0.25) is 4.79 Å². The van der Waals surface area contributed by atoms with Crippen LogP contribution >= 0.6 is 8.03 Å². The lowest BCUT2D eigenvalue weighted by Gasteiger charge is -2.05. The first-order valence-corrected chi connectivity index (χ1v) is 8.24. The van der Waals surface area contributed by atoms with E-state index < -0.39 is 25.9 Å². The average molecular weight is 352 g/mol. The maximum Gasteiger partial charge on any atom is 0.542 e. The highest BCUT2D eigenvalue weighted by Gasteiger charge is 2.27. The van der Waals surface area contributed by atoms with E-state index >= 15 is 0 Å². The van der Waals surface area contributed by atoms with Crippen molar-refractivity contribution in [3.05, 3.63) is 65.7 Å². The molecule has 6 N–H and O–H groups in total. The molecule has 0 bridgehead atoms. The lowest BCUT2D eigenvalue weighted by atomic mass is 10.1. The molecule has 3 atom stereocenters. The first-order chi connectivity index (χ1) is 11.3. The van der Waals surface area contributed by atoms with Crippen LogP contribution in [0.4, 0.5) is 0 Å². The number of carbonyl (C=O) groups is 1. The second kappa shape index (κ2) is 9.75. The van der Waals surface area contributed by atoms with Gasteiger partial charge in [-0.25, -0.2) is 0 Å². The quantitative estimate of drug-likeness (QED) is 0.516. The number of carboxylic acid groups (broad SMARTS) is 1. The van der Waals surface area contributed by atoms with Gasteiger partial charge in [0.15, 0.2) is 0 Å². The number of phenolic OH excluding ortho intramolecular Hbond substituents is 1. The monoisotopic (exact) mass is 352 g/mol. The zero-order chi connectivity index (χ0) is 18.1. The summed E-state index contributed by atoms with van der Waals surface area (Å²) < 4.78 is 10.4. The highest BCUT2D eigenvalue weighted by molar-refractivity contribution is 7.38. The number of aliphatic hydroxyl groups is 1. The van der Waals surface area contributed by atoms with Crippen molar-refractivity contribution in [2.24, 2.45) is 5.73 Å². The number of hydrogen-bond donors (Lipinski definition) is 5. The molecule has 8 heteroatoms. The van der Waals surface area contributed by atoms with Crippen molar-refractivity contribution >= 4 is 14.0 Å². The van der Waals surface area contributed by atoms with Gasteiger partial charge in [-0.15, -0.1) is 0 Å². The topological polar surface area (TPSA) is 141 Å². The predicted octanol–water partition coefficient (Wildman–Crippen LogP) is 1.76. The Bertz CT molecular complexity index is 662. The van der Waals surface area contributed by atoms with Crippen molar-refractivity contribution in [3.63, 3.8) is 0 Å². The molecule has 0 aliphatic heterocycles. The van der Waals surface area contributed by atoms with Gasteiger partial charge in [-0.1, -0.05) is 42.5 Å². The van der Waals surface area contributed by atoms with Gasteiger partial charge in [-0.05, 0) is 28.7 Å². The Kier molecular flexibility index (Phi) is 8.01. The Labute approximate surface area is 139 Å². The molecule has 0 radical (unpaired) electrons. The highest BCUT2D eigenvalue weighted by atomic mass is 31.1. The van der Waals surface area contributed by atoms with Gasteiger partial charge in [0.2, 0.25) is 0 Å². The molecule has 0 saturated heterocycles. The molecule has 2 aromatic rings. The van der Waals surface area contributed by atoms with E-state index in [1.807, 2.05) is 0 Å². The number of phenols is 1. The zero-order valence-corrected chi connectivity index (χ0v) is 13.6. The van der Waals surface area contributed by atoms with E-state index in [0.717, 1.165) is 5.56 Å². The fraction of sp³-hybridized carbons (Fsp3) is 0.188. The van der Waals surface area contributed by atoms with E-state index in [1.165, 1.54) is 12.1 Å². The summed E-state index contributed by atoms with van der Waals surface area (Å²) in [7, 11) is -2.53. The Morgan fingerprint density at radius 2 is 1.62 bits per heavy atom. The van der Waals surface area contributed by atoms with E-state index in [2.05, 4.69) is 0 Å². The van der Waals surface area contributed by atoms with Crippen LogP contribution in [0.15, 0.2) is 54.6 Å². The van der Waals surface area contributed by atoms with E-state index in [9.17, 15) is 9.36 Å².